The van der Waals surface area contributed by atoms with Gasteiger partial charge in [-0.15, -0.1) is 0 Å². The van der Waals surface area contributed by atoms with Crippen molar-refractivity contribution in [2.45, 2.75) is 18.9 Å². The molecule has 0 unspecified atom stereocenters. The molecule has 0 spiro atoms. The second kappa shape index (κ2) is 6.48. The van der Waals surface area contributed by atoms with Crippen LogP contribution in [0, 0.1) is 0 Å². The number of aromatic amines is 1. The molecule has 7 heteroatoms. The van der Waals surface area contributed by atoms with Gasteiger partial charge in [-0.25, -0.2) is 4.98 Å². The Balaban J connectivity index is 1.71. The third-order valence-corrected chi connectivity index (χ3v) is 3.47. The van der Waals surface area contributed by atoms with E-state index in [1.165, 1.54) is 6.20 Å². The van der Waals surface area contributed by atoms with Crippen molar-refractivity contribution in [1.29, 1.82) is 0 Å². The summed E-state index contributed by atoms with van der Waals surface area (Å²) in [5.74, 6) is -0.113. The summed E-state index contributed by atoms with van der Waals surface area (Å²) in [6, 6.07) is 5.30. The number of ether oxygens (including phenoxy) is 1. The van der Waals surface area contributed by atoms with E-state index >= 15 is 0 Å². The number of rotatable bonds is 4. The predicted octanol–water partition coefficient (Wildman–Crippen LogP) is 0.741. The van der Waals surface area contributed by atoms with Crippen LogP contribution in [0.1, 0.15) is 23.2 Å². The van der Waals surface area contributed by atoms with E-state index in [1.807, 2.05) is 0 Å². The second-order valence-corrected chi connectivity index (χ2v) is 5.03. The van der Waals surface area contributed by atoms with Crippen LogP contribution in [0.3, 0.4) is 0 Å². The summed E-state index contributed by atoms with van der Waals surface area (Å²) in [5.41, 5.74) is 0.0454. The van der Waals surface area contributed by atoms with Crippen LogP contribution in [0.15, 0.2) is 35.4 Å². The number of nitrogens with zero attached hydrogens (tertiary/aromatic N) is 2. The molecule has 2 aromatic heterocycles. The van der Waals surface area contributed by atoms with E-state index in [4.69, 9.17) is 4.74 Å². The summed E-state index contributed by atoms with van der Waals surface area (Å²) in [5, 5.41) is 2.70. The maximum absolute atomic E-state index is 12.0. The lowest BCUT2D eigenvalue weighted by atomic mass is 10.2. The summed E-state index contributed by atoms with van der Waals surface area (Å²) in [7, 11) is 0. The third-order valence-electron chi connectivity index (χ3n) is 3.47. The van der Waals surface area contributed by atoms with Gasteiger partial charge in [0.25, 0.3) is 11.5 Å². The van der Waals surface area contributed by atoms with Crippen molar-refractivity contribution in [3.8, 4) is 11.5 Å². The molecule has 2 aromatic rings. The number of carbonyl (C=O) groups excluding carboxylic acids is 1. The van der Waals surface area contributed by atoms with Gasteiger partial charge in [-0.05, 0) is 25.0 Å². The molecule has 2 N–H and O–H groups in total. The number of hydrogen-bond donors (Lipinski definition) is 2. The van der Waals surface area contributed by atoms with Crippen molar-refractivity contribution in [3.63, 3.8) is 0 Å². The van der Waals surface area contributed by atoms with Crippen LogP contribution in [0.2, 0.25) is 0 Å². The Labute approximate surface area is 126 Å². The average Bonchev–Trinajstić information content (AvgIpc) is 3.07. The van der Waals surface area contributed by atoms with Crippen LogP contribution < -0.4 is 10.9 Å². The molecule has 1 aliphatic heterocycles. The minimum atomic E-state index is -0.486. The summed E-state index contributed by atoms with van der Waals surface area (Å²) >= 11 is 0. The third kappa shape index (κ3) is 3.20. The first kappa shape index (κ1) is 14.4. The van der Waals surface area contributed by atoms with Crippen LogP contribution in [-0.4, -0.2) is 40.1 Å². The molecule has 0 bridgehead atoms. The smallest absolute Gasteiger partial charge is 0.264 e. The first-order valence-electron chi connectivity index (χ1n) is 7.14. The largest absolute Gasteiger partial charge is 0.376 e. The van der Waals surface area contributed by atoms with Gasteiger partial charge >= 0.3 is 0 Å². The van der Waals surface area contributed by atoms with Gasteiger partial charge in [-0.1, -0.05) is 6.07 Å². The Bertz CT molecular complexity index is 708. The summed E-state index contributed by atoms with van der Waals surface area (Å²) in [6.07, 6.45) is 4.84. The minimum absolute atomic E-state index is 0.0160. The standard InChI is InChI=1S/C15H16N4O3/c20-14(18-8-10-4-3-7-22-10)11-9-17-13(19-15(11)21)12-5-1-2-6-16-12/h1-2,5-6,9-10H,3-4,7-8H2,(H,18,20)(H,17,19,21)/t10-/m0/s1. The Morgan fingerprint density at radius 2 is 2.32 bits per heavy atom. The lowest BCUT2D eigenvalue weighted by Crippen LogP contribution is -2.35. The molecule has 114 valence electrons. The number of carbonyl (C=O) groups is 1. The molecular formula is C15H16N4O3. The van der Waals surface area contributed by atoms with Crippen LogP contribution >= 0.6 is 0 Å². The predicted molar refractivity (Wildman–Crippen MR) is 79.4 cm³/mol. The number of aromatic nitrogens is 3. The fraction of sp³-hybridized carbons (Fsp3) is 0.333. The molecule has 0 aromatic carbocycles. The fourth-order valence-electron chi connectivity index (χ4n) is 2.30. The van der Waals surface area contributed by atoms with Crippen molar-refractivity contribution < 1.29 is 9.53 Å². The maximum atomic E-state index is 12.0. The van der Waals surface area contributed by atoms with Crippen LogP contribution in [0.5, 0.6) is 0 Å². The Kier molecular flexibility index (Phi) is 4.24. The molecule has 3 heterocycles. The number of nitrogens with one attached hydrogen (secondary N) is 2. The van der Waals surface area contributed by atoms with E-state index < -0.39 is 11.5 Å². The zero-order valence-corrected chi connectivity index (χ0v) is 11.9. The number of hydrogen-bond acceptors (Lipinski definition) is 5. The van der Waals surface area contributed by atoms with Crippen LogP contribution in [-0.2, 0) is 4.74 Å². The average molecular weight is 300 g/mol. The highest BCUT2D eigenvalue weighted by Crippen LogP contribution is 2.11. The van der Waals surface area contributed by atoms with Gasteiger partial charge < -0.3 is 15.0 Å². The highest BCUT2D eigenvalue weighted by Gasteiger charge is 2.18. The fourth-order valence-corrected chi connectivity index (χ4v) is 2.30. The first-order valence-corrected chi connectivity index (χ1v) is 7.14. The molecule has 1 amide bonds. The quantitative estimate of drug-likeness (QED) is 0.868. The molecule has 1 atom stereocenters. The molecule has 22 heavy (non-hydrogen) atoms. The normalized spacial score (nSPS) is 17.4. The molecule has 1 fully saturated rings. The topological polar surface area (TPSA) is 97.0 Å². The van der Waals surface area contributed by atoms with E-state index in [1.54, 1.807) is 24.4 Å². The molecule has 0 radical (unpaired) electrons. The van der Waals surface area contributed by atoms with Gasteiger partial charge in [0.15, 0.2) is 5.82 Å². The molecule has 0 saturated carbocycles. The van der Waals surface area contributed by atoms with E-state index in [0.717, 1.165) is 19.4 Å². The van der Waals surface area contributed by atoms with Gasteiger partial charge in [-0.3, -0.25) is 14.6 Å². The molecular weight excluding hydrogens is 284 g/mol. The molecule has 1 aliphatic rings. The summed E-state index contributed by atoms with van der Waals surface area (Å²) in [4.78, 5) is 34.8. The van der Waals surface area contributed by atoms with Crippen molar-refractivity contribution in [3.05, 3.63) is 46.5 Å². The van der Waals surface area contributed by atoms with Crippen LogP contribution in [0.25, 0.3) is 11.5 Å². The number of amides is 1. The summed E-state index contributed by atoms with van der Waals surface area (Å²) < 4.78 is 5.42. The Morgan fingerprint density at radius 3 is 3.00 bits per heavy atom. The van der Waals surface area contributed by atoms with E-state index in [2.05, 4.69) is 20.3 Å². The zero-order chi connectivity index (χ0) is 15.4. The summed E-state index contributed by atoms with van der Waals surface area (Å²) in [6.45, 7) is 1.13. The zero-order valence-electron chi connectivity index (χ0n) is 11.9. The van der Waals surface area contributed by atoms with E-state index in [9.17, 15) is 9.59 Å². The molecule has 7 nitrogen and oxygen atoms in total. The molecule has 0 aliphatic carbocycles. The minimum Gasteiger partial charge on any atom is -0.376 e. The van der Waals surface area contributed by atoms with E-state index in [0.29, 0.717) is 18.1 Å². The van der Waals surface area contributed by atoms with Gasteiger partial charge in [0.2, 0.25) is 0 Å². The SMILES string of the molecule is O=C(NC[C@@H]1CCCO1)c1cnc(-c2ccccn2)[nH]c1=O. The van der Waals surface area contributed by atoms with Crippen LogP contribution in [0.4, 0.5) is 0 Å². The van der Waals surface area contributed by atoms with Gasteiger partial charge in [0.1, 0.15) is 11.3 Å². The van der Waals surface area contributed by atoms with Crippen molar-refractivity contribution in [2.75, 3.05) is 13.2 Å². The lowest BCUT2D eigenvalue weighted by Gasteiger charge is -2.10. The number of pyridine rings is 1. The maximum Gasteiger partial charge on any atom is 0.264 e. The highest BCUT2D eigenvalue weighted by atomic mass is 16.5. The van der Waals surface area contributed by atoms with Crippen molar-refractivity contribution >= 4 is 5.91 Å². The second-order valence-electron chi connectivity index (χ2n) is 5.03. The van der Waals surface area contributed by atoms with Gasteiger partial charge in [-0.2, -0.15) is 0 Å². The highest BCUT2D eigenvalue weighted by molar-refractivity contribution is 5.93. The Morgan fingerprint density at radius 1 is 1.41 bits per heavy atom. The molecule has 3 rings (SSSR count). The van der Waals surface area contributed by atoms with Gasteiger partial charge in [0.05, 0.1) is 6.10 Å². The first-order chi connectivity index (χ1) is 10.7. The lowest BCUT2D eigenvalue weighted by molar-refractivity contribution is 0.0856. The van der Waals surface area contributed by atoms with E-state index in [-0.39, 0.29) is 11.7 Å². The molecule has 1 saturated heterocycles. The Hall–Kier alpha value is -2.54. The van der Waals surface area contributed by atoms with Crippen molar-refractivity contribution in [2.24, 2.45) is 0 Å². The monoisotopic (exact) mass is 300 g/mol. The van der Waals surface area contributed by atoms with Crippen molar-refractivity contribution in [1.82, 2.24) is 20.3 Å². The van der Waals surface area contributed by atoms with Gasteiger partial charge in [0, 0.05) is 25.5 Å². The number of H-pyrrole nitrogens is 1.